The first-order valence-corrected chi connectivity index (χ1v) is 5.81. The van der Waals surface area contributed by atoms with Gasteiger partial charge in [0.15, 0.2) is 0 Å². The van der Waals surface area contributed by atoms with E-state index >= 15 is 0 Å². The Bertz CT molecular complexity index is 286. The van der Waals surface area contributed by atoms with E-state index in [0.717, 1.165) is 0 Å². The zero-order valence-electron chi connectivity index (χ0n) is 10.7. The lowest BCUT2D eigenvalue weighted by Crippen LogP contribution is -2.51. The van der Waals surface area contributed by atoms with E-state index in [1.807, 2.05) is 13.8 Å². The number of alkyl halides is 3. The number of halogens is 3. The molecule has 0 unspecified atom stereocenters. The molecule has 0 aliphatic carbocycles. The highest BCUT2D eigenvalue weighted by atomic mass is 19.4. The molecule has 1 fully saturated rings. The molecule has 1 saturated heterocycles. The molecule has 0 spiro atoms. The molecule has 0 aromatic rings. The van der Waals surface area contributed by atoms with Gasteiger partial charge in [0.1, 0.15) is 12.7 Å². The van der Waals surface area contributed by atoms with E-state index < -0.39 is 24.8 Å². The van der Waals surface area contributed by atoms with Crippen LogP contribution in [-0.2, 0) is 14.3 Å². The van der Waals surface area contributed by atoms with E-state index in [9.17, 15) is 18.0 Å². The van der Waals surface area contributed by atoms with Crippen molar-refractivity contribution in [1.82, 2.24) is 4.90 Å². The van der Waals surface area contributed by atoms with E-state index in [-0.39, 0.29) is 12.2 Å². The third kappa shape index (κ3) is 4.81. The van der Waals surface area contributed by atoms with Gasteiger partial charge in [-0.1, -0.05) is 0 Å². The molecule has 0 saturated carbocycles. The van der Waals surface area contributed by atoms with E-state index in [4.69, 9.17) is 4.74 Å². The standard InChI is InChI=1S/C11H18F3NO3/c1-7-4-15(5-8(2)18-7)10(16)9(3)17-6-11(12,13)14/h7-9H,4-6H2,1-3H3/t7-,8-,9+/m1/s1. The van der Waals surface area contributed by atoms with Crippen LogP contribution in [0.15, 0.2) is 0 Å². The summed E-state index contributed by atoms with van der Waals surface area (Å²) in [5.41, 5.74) is 0. The van der Waals surface area contributed by atoms with Gasteiger partial charge in [-0.2, -0.15) is 13.2 Å². The second-order valence-electron chi connectivity index (χ2n) is 4.57. The van der Waals surface area contributed by atoms with Crippen LogP contribution in [0.2, 0.25) is 0 Å². The molecule has 1 aliphatic rings. The average molecular weight is 269 g/mol. The van der Waals surface area contributed by atoms with Crippen molar-refractivity contribution >= 4 is 5.91 Å². The van der Waals surface area contributed by atoms with Crippen LogP contribution in [-0.4, -0.2) is 55.0 Å². The number of carbonyl (C=O) groups excluding carboxylic acids is 1. The van der Waals surface area contributed by atoms with E-state index in [2.05, 4.69) is 4.74 Å². The molecule has 1 amide bonds. The molecule has 0 N–H and O–H groups in total. The summed E-state index contributed by atoms with van der Waals surface area (Å²) in [5.74, 6) is -0.429. The lowest BCUT2D eigenvalue weighted by Gasteiger charge is -2.36. The maximum Gasteiger partial charge on any atom is 0.411 e. The van der Waals surface area contributed by atoms with E-state index in [0.29, 0.717) is 13.1 Å². The first kappa shape index (κ1) is 15.2. The Kier molecular flexibility index (Phi) is 4.98. The lowest BCUT2D eigenvalue weighted by molar-refractivity contribution is -0.191. The minimum Gasteiger partial charge on any atom is -0.372 e. The zero-order chi connectivity index (χ0) is 13.9. The second-order valence-corrected chi connectivity index (χ2v) is 4.57. The Morgan fingerprint density at radius 1 is 1.39 bits per heavy atom. The van der Waals surface area contributed by atoms with Gasteiger partial charge in [-0.05, 0) is 20.8 Å². The summed E-state index contributed by atoms with van der Waals surface area (Å²) in [6.07, 6.45) is -5.75. The molecule has 0 bridgehead atoms. The van der Waals surface area contributed by atoms with Crippen molar-refractivity contribution in [2.45, 2.75) is 45.3 Å². The minimum atomic E-state index is -4.42. The summed E-state index contributed by atoms with van der Waals surface area (Å²) in [7, 11) is 0. The fourth-order valence-electron chi connectivity index (χ4n) is 1.91. The molecule has 18 heavy (non-hydrogen) atoms. The molecule has 0 aromatic carbocycles. The van der Waals surface area contributed by atoms with Gasteiger partial charge in [-0.25, -0.2) is 0 Å². The Morgan fingerprint density at radius 3 is 2.33 bits per heavy atom. The summed E-state index contributed by atoms with van der Waals surface area (Å²) in [6, 6.07) is 0. The second kappa shape index (κ2) is 5.88. The molecular formula is C11H18F3NO3. The van der Waals surface area contributed by atoms with Crippen LogP contribution >= 0.6 is 0 Å². The lowest BCUT2D eigenvalue weighted by atomic mass is 10.2. The largest absolute Gasteiger partial charge is 0.411 e. The monoisotopic (exact) mass is 269 g/mol. The Balaban J connectivity index is 2.47. The predicted molar refractivity (Wildman–Crippen MR) is 58.1 cm³/mol. The smallest absolute Gasteiger partial charge is 0.372 e. The predicted octanol–water partition coefficient (Wildman–Crippen LogP) is 1.59. The van der Waals surface area contributed by atoms with Gasteiger partial charge in [0.2, 0.25) is 0 Å². The van der Waals surface area contributed by atoms with Gasteiger partial charge in [0.25, 0.3) is 5.91 Å². The molecule has 106 valence electrons. The summed E-state index contributed by atoms with van der Waals surface area (Å²) in [5, 5.41) is 0. The van der Waals surface area contributed by atoms with Crippen LogP contribution < -0.4 is 0 Å². The summed E-state index contributed by atoms with van der Waals surface area (Å²) in [4.78, 5) is 13.4. The number of carbonyl (C=O) groups is 1. The van der Waals surface area contributed by atoms with Crippen molar-refractivity contribution in [3.8, 4) is 0 Å². The van der Waals surface area contributed by atoms with Gasteiger partial charge < -0.3 is 14.4 Å². The molecule has 0 aromatic heterocycles. The summed E-state index contributed by atoms with van der Waals surface area (Å²) < 4.78 is 45.9. The maximum atomic E-state index is 12.0. The zero-order valence-corrected chi connectivity index (χ0v) is 10.7. The van der Waals surface area contributed by atoms with E-state index in [1.54, 1.807) is 0 Å². The molecule has 7 heteroatoms. The Morgan fingerprint density at radius 2 is 1.89 bits per heavy atom. The molecule has 3 atom stereocenters. The Hall–Kier alpha value is -0.820. The highest BCUT2D eigenvalue weighted by Crippen LogP contribution is 2.17. The highest BCUT2D eigenvalue weighted by Gasteiger charge is 2.33. The number of nitrogens with zero attached hydrogens (tertiary/aromatic N) is 1. The fraction of sp³-hybridized carbons (Fsp3) is 0.909. The summed E-state index contributed by atoms with van der Waals surface area (Å²) in [6.45, 7) is 4.31. The fourth-order valence-corrected chi connectivity index (χ4v) is 1.91. The van der Waals surface area contributed by atoms with Gasteiger partial charge in [0.05, 0.1) is 12.2 Å². The van der Waals surface area contributed by atoms with E-state index in [1.165, 1.54) is 11.8 Å². The van der Waals surface area contributed by atoms with Crippen LogP contribution in [0.3, 0.4) is 0 Å². The first-order chi connectivity index (χ1) is 8.19. The van der Waals surface area contributed by atoms with Crippen molar-refractivity contribution < 1.29 is 27.4 Å². The van der Waals surface area contributed by atoms with Crippen molar-refractivity contribution in [1.29, 1.82) is 0 Å². The van der Waals surface area contributed by atoms with Crippen LogP contribution in [0.1, 0.15) is 20.8 Å². The topological polar surface area (TPSA) is 38.8 Å². The third-order valence-electron chi connectivity index (χ3n) is 2.58. The van der Waals surface area contributed by atoms with Gasteiger partial charge in [0, 0.05) is 13.1 Å². The van der Waals surface area contributed by atoms with Crippen molar-refractivity contribution in [3.63, 3.8) is 0 Å². The van der Waals surface area contributed by atoms with Crippen molar-refractivity contribution in [3.05, 3.63) is 0 Å². The first-order valence-electron chi connectivity index (χ1n) is 5.81. The summed E-state index contributed by atoms with van der Waals surface area (Å²) >= 11 is 0. The van der Waals surface area contributed by atoms with Crippen LogP contribution in [0.4, 0.5) is 13.2 Å². The third-order valence-corrected chi connectivity index (χ3v) is 2.58. The van der Waals surface area contributed by atoms with Gasteiger partial charge in [-0.15, -0.1) is 0 Å². The number of amides is 1. The number of morpholine rings is 1. The molecule has 1 rings (SSSR count). The maximum absolute atomic E-state index is 12.0. The number of hydrogen-bond acceptors (Lipinski definition) is 3. The minimum absolute atomic E-state index is 0.118. The number of ether oxygens (including phenoxy) is 2. The number of hydrogen-bond donors (Lipinski definition) is 0. The van der Waals surface area contributed by atoms with Crippen molar-refractivity contribution in [2.75, 3.05) is 19.7 Å². The SMILES string of the molecule is C[C@@H]1CN(C(=O)[C@H](C)OCC(F)(F)F)C[C@@H](C)O1. The number of rotatable bonds is 3. The molecular weight excluding hydrogens is 251 g/mol. The Labute approximate surface area is 104 Å². The quantitative estimate of drug-likeness (QED) is 0.781. The molecule has 4 nitrogen and oxygen atoms in total. The van der Waals surface area contributed by atoms with Gasteiger partial charge in [-0.3, -0.25) is 4.79 Å². The average Bonchev–Trinajstić information content (AvgIpc) is 2.22. The van der Waals surface area contributed by atoms with Crippen molar-refractivity contribution in [2.24, 2.45) is 0 Å². The van der Waals surface area contributed by atoms with Crippen LogP contribution in [0.25, 0.3) is 0 Å². The normalized spacial score (nSPS) is 27.1. The van der Waals surface area contributed by atoms with Crippen LogP contribution in [0, 0.1) is 0 Å². The van der Waals surface area contributed by atoms with Gasteiger partial charge >= 0.3 is 6.18 Å². The molecule has 1 heterocycles. The highest BCUT2D eigenvalue weighted by molar-refractivity contribution is 5.80. The van der Waals surface area contributed by atoms with Crippen LogP contribution in [0.5, 0.6) is 0 Å². The molecule has 1 aliphatic heterocycles. The molecule has 0 radical (unpaired) electrons.